The Morgan fingerprint density at radius 3 is 2.31 bits per heavy atom. The van der Waals surface area contributed by atoms with Crippen molar-refractivity contribution in [2.75, 3.05) is 26.6 Å². The monoisotopic (exact) mass is 476 g/mol. The molecule has 0 saturated carbocycles. The molecule has 0 spiro atoms. The van der Waals surface area contributed by atoms with Gasteiger partial charge in [0.15, 0.2) is 0 Å². The summed E-state index contributed by atoms with van der Waals surface area (Å²) < 4.78 is 19.1. The van der Waals surface area contributed by atoms with E-state index in [2.05, 4.69) is 10.4 Å². The van der Waals surface area contributed by atoms with Gasteiger partial charge in [0.05, 0.1) is 32.7 Å². The van der Waals surface area contributed by atoms with E-state index < -0.39 is 0 Å². The minimum Gasteiger partial charge on any atom is -0.497 e. The van der Waals surface area contributed by atoms with Crippen molar-refractivity contribution < 1.29 is 19.0 Å². The number of nitrogens with one attached hydrogen (secondary N) is 1. The molecule has 0 aliphatic carbocycles. The molecule has 0 fully saturated rings. The van der Waals surface area contributed by atoms with Gasteiger partial charge in [0, 0.05) is 42.4 Å². The van der Waals surface area contributed by atoms with Gasteiger partial charge >= 0.3 is 0 Å². The van der Waals surface area contributed by atoms with Gasteiger partial charge in [0.25, 0.3) is 5.56 Å². The maximum Gasteiger partial charge on any atom is 0.277 e. The first-order valence-electron chi connectivity index (χ1n) is 11.1. The molecule has 0 aliphatic heterocycles. The van der Waals surface area contributed by atoms with Crippen LogP contribution in [0, 0.1) is 6.92 Å². The summed E-state index contributed by atoms with van der Waals surface area (Å²) in [5.74, 6) is 1.64. The maximum atomic E-state index is 13.3. The second-order valence-corrected chi connectivity index (χ2v) is 8.07. The van der Waals surface area contributed by atoms with E-state index >= 15 is 0 Å². The highest BCUT2D eigenvalue weighted by Crippen LogP contribution is 2.29. The predicted octanol–water partition coefficient (Wildman–Crippen LogP) is 3.61. The lowest BCUT2D eigenvalue weighted by Gasteiger charge is -2.13. The number of benzene rings is 2. The van der Waals surface area contributed by atoms with Crippen LogP contribution in [0.5, 0.6) is 17.2 Å². The first-order chi connectivity index (χ1) is 16.9. The number of carbonyl (C=O) groups is 1. The molecule has 9 nitrogen and oxygen atoms in total. The first-order valence-corrected chi connectivity index (χ1v) is 11.1. The van der Waals surface area contributed by atoms with Crippen molar-refractivity contribution in [1.82, 2.24) is 14.2 Å². The SMILES string of the molecule is COc1ccc(-c2cc3n(C)c(C)c(CCC(=O)Nc4ccc(OC)cc4OC)c(=O)n3n2)cc1. The van der Waals surface area contributed by atoms with Crippen LogP contribution in [0.1, 0.15) is 17.7 Å². The average Bonchev–Trinajstić information content (AvgIpc) is 3.33. The number of methoxy groups -OCH3 is 3. The van der Waals surface area contributed by atoms with Gasteiger partial charge in [-0.25, -0.2) is 0 Å². The molecule has 0 radical (unpaired) electrons. The quantitative estimate of drug-likeness (QED) is 0.417. The van der Waals surface area contributed by atoms with E-state index in [1.807, 2.05) is 48.9 Å². The Labute approximate surface area is 202 Å². The highest BCUT2D eigenvalue weighted by Gasteiger charge is 2.17. The Morgan fingerprint density at radius 2 is 1.66 bits per heavy atom. The lowest BCUT2D eigenvalue weighted by Crippen LogP contribution is -2.26. The van der Waals surface area contributed by atoms with E-state index in [0.717, 1.165) is 17.0 Å². The van der Waals surface area contributed by atoms with Gasteiger partial charge < -0.3 is 24.1 Å². The summed E-state index contributed by atoms with van der Waals surface area (Å²) in [7, 11) is 6.58. The van der Waals surface area contributed by atoms with Gasteiger partial charge in [-0.05, 0) is 49.7 Å². The van der Waals surface area contributed by atoms with Crippen LogP contribution in [0.25, 0.3) is 16.9 Å². The molecule has 0 saturated heterocycles. The van der Waals surface area contributed by atoms with Crippen LogP contribution in [-0.4, -0.2) is 41.4 Å². The normalized spacial score (nSPS) is 10.9. The number of rotatable bonds is 8. The highest BCUT2D eigenvalue weighted by atomic mass is 16.5. The standard InChI is InChI=1S/C26H28N4O5/c1-16-20(11-13-24(31)27-21-12-10-19(34-4)14-23(21)35-5)26(32)30-25(29(16)2)15-22(28-30)17-6-8-18(33-3)9-7-17/h6-10,12,14-15H,11,13H2,1-5H3,(H,27,31). The molecule has 182 valence electrons. The van der Waals surface area contributed by atoms with Gasteiger partial charge in [0.2, 0.25) is 5.91 Å². The lowest BCUT2D eigenvalue weighted by molar-refractivity contribution is -0.116. The lowest BCUT2D eigenvalue weighted by atomic mass is 10.1. The Balaban J connectivity index is 1.57. The molecule has 4 rings (SSSR count). The van der Waals surface area contributed by atoms with Gasteiger partial charge in [-0.3, -0.25) is 9.59 Å². The molecule has 1 amide bonds. The van der Waals surface area contributed by atoms with Crippen molar-refractivity contribution in [2.45, 2.75) is 19.8 Å². The number of aromatic nitrogens is 3. The average molecular weight is 477 g/mol. The molecular weight excluding hydrogens is 448 g/mol. The molecule has 0 bridgehead atoms. The van der Waals surface area contributed by atoms with E-state index in [1.165, 1.54) is 11.6 Å². The summed E-state index contributed by atoms with van der Waals surface area (Å²) in [4.78, 5) is 26.0. The largest absolute Gasteiger partial charge is 0.497 e. The van der Waals surface area contributed by atoms with Crippen LogP contribution in [0.2, 0.25) is 0 Å². The summed E-state index contributed by atoms with van der Waals surface area (Å²) in [5.41, 5.74) is 3.87. The Bertz CT molecular complexity index is 1440. The summed E-state index contributed by atoms with van der Waals surface area (Å²) in [6.45, 7) is 1.88. The molecule has 2 heterocycles. The molecule has 0 unspecified atom stereocenters. The van der Waals surface area contributed by atoms with E-state index in [1.54, 1.807) is 32.4 Å². The van der Waals surface area contributed by atoms with Gasteiger partial charge in [-0.1, -0.05) is 0 Å². The Morgan fingerprint density at radius 1 is 0.971 bits per heavy atom. The molecular formula is C26H28N4O5. The van der Waals surface area contributed by atoms with Crippen molar-refractivity contribution in [3.63, 3.8) is 0 Å². The van der Waals surface area contributed by atoms with Crippen molar-refractivity contribution in [3.8, 4) is 28.5 Å². The predicted molar refractivity (Wildman–Crippen MR) is 134 cm³/mol. The minimum absolute atomic E-state index is 0.128. The molecule has 35 heavy (non-hydrogen) atoms. The number of anilines is 1. The van der Waals surface area contributed by atoms with Crippen molar-refractivity contribution in [3.05, 3.63) is 70.1 Å². The van der Waals surface area contributed by atoms with Gasteiger partial charge in [0.1, 0.15) is 22.9 Å². The molecule has 0 aliphatic rings. The van der Waals surface area contributed by atoms with Crippen LogP contribution >= 0.6 is 0 Å². The third-order valence-electron chi connectivity index (χ3n) is 6.10. The van der Waals surface area contributed by atoms with E-state index in [9.17, 15) is 9.59 Å². The van der Waals surface area contributed by atoms with Crippen LogP contribution in [-0.2, 0) is 18.3 Å². The molecule has 2 aromatic heterocycles. The number of hydrogen-bond acceptors (Lipinski definition) is 6. The number of aryl methyl sites for hydroxylation is 1. The fourth-order valence-electron chi connectivity index (χ4n) is 3.96. The molecule has 2 aromatic carbocycles. The van der Waals surface area contributed by atoms with Crippen LogP contribution in [0.3, 0.4) is 0 Å². The molecule has 4 aromatic rings. The molecule has 9 heteroatoms. The van der Waals surface area contributed by atoms with Gasteiger partial charge in [-0.15, -0.1) is 0 Å². The van der Waals surface area contributed by atoms with Crippen LogP contribution < -0.4 is 25.1 Å². The second kappa shape index (κ2) is 9.92. The number of nitrogens with zero attached hydrogens (tertiary/aromatic N) is 3. The fraction of sp³-hybridized carbons (Fsp3) is 0.269. The third-order valence-corrected chi connectivity index (χ3v) is 6.10. The number of carbonyl (C=O) groups excluding carboxylic acids is 1. The number of ether oxygens (including phenoxy) is 3. The molecule has 0 atom stereocenters. The Kier molecular flexibility index (Phi) is 6.77. The number of amides is 1. The zero-order valence-electron chi connectivity index (χ0n) is 20.4. The van der Waals surface area contributed by atoms with Crippen molar-refractivity contribution >= 4 is 17.2 Å². The number of fused-ring (bicyclic) bond motifs is 1. The van der Waals surface area contributed by atoms with E-state index in [4.69, 9.17) is 14.2 Å². The first kappa shape index (κ1) is 23.9. The van der Waals surface area contributed by atoms with Crippen molar-refractivity contribution in [2.24, 2.45) is 7.05 Å². The minimum atomic E-state index is -0.231. The Hall–Kier alpha value is -4.27. The zero-order valence-corrected chi connectivity index (χ0v) is 20.4. The zero-order chi connectivity index (χ0) is 25.1. The molecule has 1 N–H and O–H groups in total. The van der Waals surface area contributed by atoms with E-state index in [0.29, 0.717) is 34.1 Å². The van der Waals surface area contributed by atoms with E-state index in [-0.39, 0.29) is 24.3 Å². The third kappa shape index (κ3) is 4.70. The topological polar surface area (TPSA) is 96.1 Å². The van der Waals surface area contributed by atoms with Gasteiger partial charge in [-0.2, -0.15) is 9.61 Å². The van der Waals surface area contributed by atoms with Crippen LogP contribution in [0.4, 0.5) is 5.69 Å². The second-order valence-electron chi connectivity index (χ2n) is 8.07. The fourth-order valence-corrected chi connectivity index (χ4v) is 3.96. The maximum absolute atomic E-state index is 13.3. The summed E-state index contributed by atoms with van der Waals surface area (Å²) in [6.07, 6.45) is 0.403. The van der Waals surface area contributed by atoms with Crippen LogP contribution in [0.15, 0.2) is 53.3 Å². The highest BCUT2D eigenvalue weighted by molar-refractivity contribution is 5.92. The van der Waals surface area contributed by atoms with Crippen molar-refractivity contribution in [1.29, 1.82) is 0 Å². The number of hydrogen-bond donors (Lipinski definition) is 1. The summed E-state index contributed by atoms with van der Waals surface area (Å²) in [5, 5.41) is 7.40. The summed E-state index contributed by atoms with van der Waals surface area (Å²) in [6, 6.07) is 14.5. The smallest absolute Gasteiger partial charge is 0.277 e. The summed E-state index contributed by atoms with van der Waals surface area (Å²) >= 11 is 0.